The van der Waals surface area contributed by atoms with E-state index >= 15 is 0 Å². The van der Waals surface area contributed by atoms with Gasteiger partial charge in [0, 0.05) is 32.0 Å². The fraction of sp³-hybridized carbons (Fsp3) is 0.400. The minimum atomic E-state index is -3.70. The Balaban J connectivity index is 2.12. The van der Waals surface area contributed by atoms with Crippen molar-refractivity contribution in [3.05, 3.63) is 47.8 Å². The fourth-order valence-corrected chi connectivity index (χ4v) is 4.36. The van der Waals surface area contributed by atoms with Crippen LogP contribution in [0.5, 0.6) is 0 Å². The van der Waals surface area contributed by atoms with Crippen molar-refractivity contribution in [2.75, 3.05) is 18.4 Å². The molecule has 0 bridgehead atoms. The van der Waals surface area contributed by atoms with Crippen LogP contribution in [0.15, 0.2) is 41.4 Å². The van der Waals surface area contributed by atoms with Crippen LogP contribution in [-0.2, 0) is 26.6 Å². The molecule has 1 unspecified atom stereocenters. The average Bonchev–Trinajstić information content (AvgIpc) is 3.05. The van der Waals surface area contributed by atoms with Crippen LogP contribution in [0.25, 0.3) is 0 Å². The van der Waals surface area contributed by atoms with Crippen LogP contribution in [0.1, 0.15) is 36.8 Å². The predicted molar refractivity (Wildman–Crippen MR) is 110 cm³/mol. The Hall–Kier alpha value is -2.65. The Morgan fingerprint density at radius 1 is 1.21 bits per heavy atom. The quantitative estimate of drug-likeness (QED) is 0.661. The number of carbonyl (C=O) groups excluding carboxylic acids is 2. The molecule has 1 aromatic heterocycles. The summed E-state index contributed by atoms with van der Waals surface area (Å²) in [6.07, 6.45) is 0.308. The number of ether oxygens (including phenoxy) is 1. The minimum absolute atomic E-state index is 0.00696. The summed E-state index contributed by atoms with van der Waals surface area (Å²) in [5.74, 6) is -1.26. The zero-order valence-electron chi connectivity index (χ0n) is 17.3. The van der Waals surface area contributed by atoms with Crippen molar-refractivity contribution in [2.24, 2.45) is 7.05 Å². The number of sulfonamides is 1. The first-order valence-electron chi connectivity index (χ1n) is 9.35. The molecular formula is C20H27N3O5S. The molecule has 0 aliphatic carbocycles. The number of anilines is 1. The van der Waals surface area contributed by atoms with Gasteiger partial charge in [0.2, 0.25) is 10.0 Å². The van der Waals surface area contributed by atoms with E-state index in [2.05, 4.69) is 5.32 Å². The van der Waals surface area contributed by atoms with E-state index in [0.29, 0.717) is 18.8 Å². The summed E-state index contributed by atoms with van der Waals surface area (Å²) in [4.78, 5) is 24.8. The maximum absolute atomic E-state index is 12.6. The van der Waals surface area contributed by atoms with E-state index < -0.39 is 28.0 Å². The molecule has 158 valence electrons. The molecule has 1 N–H and O–H groups in total. The second-order valence-electron chi connectivity index (χ2n) is 6.67. The van der Waals surface area contributed by atoms with Crippen LogP contribution in [0.4, 0.5) is 5.69 Å². The molecule has 0 saturated heterocycles. The molecule has 0 saturated carbocycles. The van der Waals surface area contributed by atoms with Gasteiger partial charge < -0.3 is 14.6 Å². The summed E-state index contributed by atoms with van der Waals surface area (Å²) in [7, 11) is -2.15. The van der Waals surface area contributed by atoms with Crippen molar-refractivity contribution in [1.29, 1.82) is 0 Å². The highest BCUT2D eigenvalue weighted by atomic mass is 32.2. The highest BCUT2D eigenvalue weighted by Gasteiger charge is 2.27. The van der Waals surface area contributed by atoms with Crippen molar-refractivity contribution in [1.82, 2.24) is 8.87 Å². The maximum atomic E-state index is 12.6. The molecule has 8 nitrogen and oxygen atoms in total. The predicted octanol–water partition coefficient (Wildman–Crippen LogP) is 2.55. The Labute approximate surface area is 171 Å². The highest BCUT2D eigenvalue weighted by molar-refractivity contribution is 7.89. The van der Waals surface area contributed by atoms with Crippen molar-refractivity contribution in [3.8, 4) is 0 Å². The number of aromatic nitrogens is 1. The first-order valence-corrected chi connectivity index (χ1v) is 10.8. The van der Waals surface area contributed by atoms with E-state index in [0.717, 1.165) is 5.56 Å². The summed E-state index contributed by atoms with van der Waals surface area (Å²) < 4.78 is 33.2. The van der Waals surface area contributed by atoms with Gasteiger partial charge in [0.25, 0.3) is 5.91 Å². The van der Waals surface area contributed by atoms with Gasteiger partial charge in [0.15, 0.2) is 6.10 Å². The first-order chi connectivity index (χ1) is 13.6. The van der Waals surface area contributed by atoms with Gasteiger partial charge in [0.05, 0.1) is 0 Å². The zero-order valence-corrected chi connectivity index (χ0v) is 18.1. The zero-order chi connectivity index (χ0) is 21.8. The summed E-state index contributed by atoms with van der Waals surface area (Å²) in [5, 5.41) is 2.69. The lowest BCUT2D eigenvalue weighted by Gasteiger charge is -2.17. The molecule has 1 amide bonds. The summed E-state index contributed by atoms with van der Waals surface area (Å²) in [6.45, 7) is 7.49. The maximum Gasteiger partial charge on any atom is 0.355 e. The van der Waals surface area contributed by atoms with E-state index in [1.807, 2.05) is 19.1 Å². The molecule has 2 aromatic rings. The topological polar surface area (TPSA) is 97.7 Å². The van der Waals surface area contributed by atoms with Crippen LogP contribution in [0, 0.1) is 6.92 Å². The van der Waals surface area contributed by atoms with Crippen molar-refractivity contribution < 1.29 is 22.7 Å². The molecule has 0 fully saturated rings. The normalized spacial score (nSPS) is 12.6. The van der Waals surface area contributed by atoms with Gasteiger partial charge in [-0.15, -0.1) is 0 Å². The van der Waals surface area contributed by atoms with E-state index in [4.69, 9.17) is 4.74 Å². The molecule has 1 aromatic carbocycles. The summed E-state index contributed by atoms with van der Waals surface area (Å²) >= 11 is 0. The first kappa shape index (κ1) is 22.6. The molecule has 2 rings (SSSR count). The Bertz CT molecular complexity index is 993. The van der Waals surface area contributed by atoms with Crippen LogP contribution in [0.3, 0.4) is 0 Å². The second kappa shape index (κ2) is 9.23. The van der Waals surface area contributed by atoms with Crippen LogP contribution in [-0.4, -0.2) is 48.4 Å². The van der Waals surface area contributed by atoms with Crippen molar-refractivity contribution in [2.45, 2.75) is 38.7 Å². The number of hydrogen-bond donors (Lipinski definition) is 1. The molecule has 9 heteroatoms. The molecule has 0 aliphatic heterocycles. The van der Waals surface area contributed by atoms with Crippen LogP contribution >= 0.6 is 0 Å². The van der Waals surface area contributed by atoms with E-state index in [1.54, 1.807) is 33.0 Å². The van der Waals surface area contributed by atoms with E-state index in [9.17, 15) is 18.0 Å². The average molecular weight is 422 g/mol. The van der Waals surface area contributed by atoms with Crippen LogP contribution in [0.2, 0.25) is 0 Å². The minimum Gasteiger partial charge on any atom is -0.448 e. The van der Waals surface area contributed by atoms with Crippen molar-refractivity contribution >= 4 is 27.6 Å². The third kappa shape index (κ3) is 5.24. The number of nitrogens with zero attached hydrogens (tertiary/aromatic N) is 2. The smallest absolute Gasteiger partial charge is 0.355 e. The van der Waals surface area contributed by atoms with Gasteiger partial charge in [-0.05, 0) is 37.6 Å². The Morgan fingerprint density at radius 3 is 2.45 bits per heavy atom. The van der Waals surface area contributed by atoms with Gasteiger partial charge in [-0.1, -0.05) is 26.0 Å². The van der Waals surface area contributed by atoms with Gasteiger partial charge in [-0.3, -0.25) is 4.79 Å². The molecule has 1 atom stereocenters. The number of carbonyl (C=O) groups is 2. The molecule has 1 heterocycles. The number of esters is 1. The Morgan fingerprint density at radius 2 is 1.86 bits per heavy atom. The molecule has 0 radical (unpaired) electrons. The number of benzene rings is 1. The lowest BCUT2D eigenvalue weighted by molar-refractivity contribution is -0.123. The summed E-state index contributed by atoms with van der Waals surface area (Å²) in [6, 6.07) is 8.51. The van der Waals surface area contributed by atoms with E-state index in [-0.39, 0.29) is 10.6 Å². The fourth-order valence-electron chi connectivity index (χ4n) is 2.83. The highest BCUT2D eigenvalue weighted by Crippen LogP contribution is 2.19. The third-order valence-electron chi connectivity index (χ3n) is 4.47. The van der Waals surface area contributed by atoms with Gasteiger partial charge in [-0.2, -0.15) is 4.31 Å². The van der Waals surface area contributed by atoms with Gasteiger partial charge in [0.1, 0.15) is 10.6 Å². The third-order valence-corrected chi connectivity index (χ3v) is 6.49. The monoisotopic (exact) mass is 421 g/mol. The van der Waals surface area contributed by atoms with Crippen LogP contribution < -0.4 is 5.32 Å². The SMILES string of the molecule is CCN(CC)S(=O)(=O)c1cc(C(=O)OC(C)C(=O)Nc2cccc(C)c2)n(C)c1. The standard InChI is InChI=1S/C20H27N3O5S/c1-6-23(7-2)29(26,27)17-12-18(22(5)13-17)20(25)28-15(4)19(24)21-16-10-8-9-14(3)11-16/h8-13,15H,6-7H2,1-5H3,(H,21,24). The van der Waals surface area contributed by atoms with Gasteiger partial charge >= 0.3 is 5.97 Å². The largest absolute Gasteiger partial charge is 0.448 e. The van der Waals surface area contributed by atoms with Crippen molar-refractivity contribution in [3.63, 3.8) is 0 Å². The number of hydrogen-bond acceptors (Lipinski definition) is 5. The lowest BCUT2D eigenvalue weighted by atomic mass is 10.2. The molecule has 0 aliphatic rings. The number of aryl methyl sites for hydroxylation is 2. The molecule has 29 heavy (non-hydrogen) atoms. The lowest BCUT2D eigenvalue weighted by Crippen LogP contribution is -2.30. The summed E-state index contributed by atoms with van der Waals surface area (Å²) in [5.41, 5.74) is 1.63. The molecular weight excluding hydrogens is 394 g/mol. The molecule has 0 spiro atoms. The van der Waals surface area contributed by atoms with E-state index in [1.165, 1.54) is 28.1 Å². The van der Waals surface area contributed by atoms with Gasteiger partial charge in [-0.25, -0.2) is 13.2 Å². The second-order valence-corrected chi connectivity index (χ2v) is 8.61. The number of rotatable bonds is 8. The Kier molecular flexibility index (Phi) is 7.21. The number of amides is 1. The number of nitrogens with one attached hydrogen (secondary N) is 1.